The molecule has 0 aromatic heterocycles. The van der Waals surface area contributed by atoms with E-state index in [2.05, 4.69) is 20.8 Å². The van der Waals surface area contributed by atoms with E-state index >= 15 is 0 Å². The molecule has 1 unspecified atom stereocenters. The minimum absolute atomic E-state index is 0.0180. The van der Waals surface area contributed by atoms with Gasteiger partial charge < -0.3 is 19.5 Å². The summed E-state index contributed by atoms with van der Waals surface area (Å²) in [6, 6.07) is 17.5. The molecule has 8 heteroatoms. The van der Waals surface area contributed by atoms with Crippen molar-refractivity contribution in [2.24, 2.45) is 0 Å². The van der Waals surface area contributed by atoms with Crippen molar-refractivity contribution in [3.63, 3.8) is 0 Å². The van der Waals surface area contributed by atoms with Crippen LogP contribution >= 0.6 is 23.2 Å². The van der Waals surface area contributed by atoms with Gasteiger partial charge in [0.15, 0.2) is 5.75 Å². The maximum atomic E-state index is 13.4. The summed E-state index contributed by atoms with van der Waals surface area (Å²) in [5.41, 5.74) is 2.92. The molecular weight excluding hydrogens is 537 g/mol. The van der Waals surface area contributed by atoms with Crippen molar-refractivity contribution in [2.75, 3.05) is 20.8 Å². The molecule has 1 N–H and O–H groups in total. The van der Waals surface area contributed by atoms with E-state index in [1.807, 2.05) is 48.5 Å². The number of Topliss-reactive ketones (excluding diaryl/α,β-unsaturated/α-hetero) is 1. The van der Waals surface area contributed by atoms with Crippen LogP contribution in [0.2, 0.25) is 10.0 Å². The van der Waals surface area contributed by atoms with E-state index in [1.54, 1.807) is 7.11 Å². The van der Waals surface area contributed by atoms with Crippen molar-refractivity contribution in [3.8, 4) is 11.5 Å². The van der Waals surface area contributed by atoms with E-state index < -0.39 is 17.7 Å². The van der Waals surface area contributed by atoms with Crippen molar-refractivity contribution < 1.29 is 24.2 Å². The zero-order chi connectivity index (χ0) is 28.5. The number of rotatable bonds is 7. The Hall–Kier alpha value is -3.48. The van der Waals surface area contributed by atoms with Gasteiger partial charge in [-0.3, -0.25) is 9.59 Å². The third-order valence-corrected chi connectivity index (χ3v) is 7.47. The zero-order valence-electron chi connectivity index (χ0n) is 22.5. The Morgan fingerprint density at radius 2 is 1.51 bits per heavy atom. The fourth-order valence-electron chi connectivity index (χ4n) is 4.71. The van der Waals surface area contributed by atoms with Crippen LogP contribution in [0.25, 0.3) is 5.76 Å². The summed E-state index contributed by atoms with van der Waals surface area (Å²) in [5, 5.41) is 11.8. The topological polar surface area (TPSA) is 76.1 Å². The molecule has 1 aliphatic heterocycles. The number of amides is 1. The average molecular weight is 568 g/mol. The van der Waals surface area contributed by atoms with Gasteiger partial charge >= 0.3 is 0 Å². The Kier molecular flexibility index (Phi) is 8.28. The maximum Gasteiger partial charge on any atom is 0.295 e. The molecule has 4 rings (SSSR count). The average Bonchev–Trinajstić information content (AvgIpc) is 3.16. The molecule has 3 aromatic carbocycles. The quantitative estimate of drug-likeness (QED) is 0.189. The van der Waals surface area contributed by atoms with Crippen molar-refractivity contribution in [1.29, 1.82) is 0 Å². The number of methoxy groups -OCH3 is 2. The second kappa shape index (κ2) is 11.3. The Bertz CT molecular complexity index is 1400. The van der Waals surface area contributed by atoms with Crippen LogP contribution in [0.5, 0.6) is 11.5 Å². The molecule has 3 aromatic rings. The standard InChI is InChI=1S/C31H31Cl2NO5/c1-31(2,3)21-10-8-19(9-11-21)26-25(27(35)20-16-23(32)29(39-5)24(33)17-20)28(36)30(37)34(26)15-14-18-6-12-22(38-4)13-7-18/h6-13,16-17,26,35H,14-15H2,1-5H3/b27-25+. The Morgan fingerprint density at radius 1 is 0.923 bits per heavy atom. The second-order valence-electron chi connectivity index (χ2n) is 10.4. The van der Waals surface area contributed by atoms with Crippen LogP contribution in [-0.4, -0.2) is 42.5 Å². The maximum absolute atomic E-state index is 13.4. The summed E-state index contributed by atoms with van der Waals surface area (Å²) < 4.78 is 10.4. The van der Waals surface area contributed by atoms with Crippen molar-refractivity contribution in [2.45, 2.75) is 38.6 Å². The lowest BCUT2D eigenvalue weighted by molar-refractivity contribution is -0.139. The number of benzene rings is 3. The molecule has 6 nitrogen and oxygen atoms in total. The molecule has 204 valence electrons. The highest BCUT2D eigenvalue weighted by molar-refractivity contribution is 6.46. The molecule has 1 aliphatic rings. The van der Waals surface area contributed by atoms with Crippen LogP contribution in [0.3, 0.4) is 0 Å². The number of hydrogen-bond donors (Lipinski definition) is 1. The van der Waals surface area contributed by atoms with Crippen LogP contribution in [0.4, 0.5) is 0 Å². The SMILES string of the molecule is COc1ccc(CCN2C(=O)C(=O)/C(=C(/O)c3cc(Cl)c(OC)c(Cl)c3)C2c2ccc(C(C)(C)C)cc2)cc1. The number of likely N-dealkylation sites (tertiary alicyclic amines) is 1. The van der Waals surface area contributed by atoms with Crippen molar-refractivity contribution in [3.05, 3.63) is 98.5 Å². The molecule has 1 saturated heterocycles. The minimum Gasteiger partial charge on any atom is -0.507 e. The molecule has 1 heterocycles. The second-order valence-corrected chi connectivity index (χ2v) is 11.3. The predicted molar refractivity (Wildman–Crippen MR) is 154 cm³/mol. The summed E-state index contributed by atoms with van der Waals surface area (Å²) in [7, 11) is 3.03. The summed E-state index contributed by atoms with van der Waals surface area (Å²) in [6.07, 6.45) is 0.508. The number of carbonyl (C=O) groups is 2. The molecule has 0 spiro atoms. The fourth-order valence-corrected chi connectivity index (χ4v) is 5.35. The number of aliphatic hydroxyl groups is 1. The van der Waals surface area contributed by atoms with E-state index in [4.69, 9.17) is 32.7 Å². The Morgan fingerprint density at radius 3 is 2.03 bits per heavy atom. The number of hydrogen-bond acceptors (Lipinski definition) is 5. The van der Waals surface area contributed by atoms with Gasteiger partial charge in [0.05, 0.1) is 35.9 Å². The molecule has 0 aliphatic carbocycles. The monoisotopic (exact) mass is 567 g/mol. The molecule has 0 radical (unpaired) electrons. The van der Waals surface area contributed by atoms with Gasteiger partial charge in [0.2, 0.25) is 0 Å². The van der Waals surface area contributed by atoms with E-state index in [-0.39, 0.29) is 44.7 Å². The normalized spacial score (nSPS) is 17.0. The molecule has 1 atom stereocenters. The van der Waals surface area contributed by atoms with Crippen LogP contribution in [0.1, 0.15) is 49.1 Å². The number of halogens is 2. The molecule has 1 fully saturated rings. The lowest BCUT2D eigenvalue weighted by Gasteiger charge is -2.26. The number of carbonyl (C=O) groups excluding carboxylic acids is 2. The van der Waals surface area contributed by atoms with Gasteiger partial charge in [-0.15, -0.1) is 0 Å². The van der Waals surface area contributed by atoms with Gasteiger partial charge in [0.1, 0.15) is 11.5 Å². The van der Waals surface area contributed by atoms with E-state index in [0.717, 1.165) is 16.9 Å². The molecule has 0 saturated carbocycles. The lowest BCUT2D eigenvalue weighted by Crippen LogP contribution is -2.31. The molecule has 39 heavy (non-hydrogen) atoms. The first-order valence-electron chi connectivity index (χ1n) is 12.5. The van der Waals surface area contributed by atoms with Crippen molar-refractivity contribution in [1.82, 2.24) is 4.90 Å². The molecule has 0 bridgehead atoms. The third kappa shape index (κ3) is 5.77. The number of aliphatic hydroxyl groups excluding tert-OH is 1. The van der Waals surface area contributed by atoms with Gasteiger partial charge in [0, 0.05) is 12.1 Å². The lowest BCUT2D eigenvalue weighted by atomic mass is 9.85. The highest BCUT2D eigenvalue weighted by Gasteiger charge is 2.46. The van der Waals surface area contributed by atoms with Crippen LogP contribution < -0.4 is 9.47 Å². The number of ether oxygens (including phenoxy) is 2. The largest absolute Gasteiger partial charge is 0.507 e. The van der Waals surface area contributed by atoms with Gasteiger partial charge in [-0.2, -0.15) is 0 Å². The van der Waals surface area contributed by atoms with Crippen LogP contribution in [0, 0.1) is 0 Å². The fraction of sp³-hybridized carbons (Fsp3) is 0.290. The Labute approximate surface area is 238 Å². The highest BCUT2D eigenvalue weighted by atomic mass is 35.5. The first-order valence-corrected chi connectivity index (χ1v) is 13.3. The van der Waals surface area contributed by atoms with E-state index in [1.165, 1.54) is 24.1 Å². The van der Waals surface area contributed by atoms with Crippen molar-refractivity contribution >= 4 is 40.7 Å². The predicted octanol–water partition coefficient (Wildman–Crippen LogP) is 6.97. The summed E-state index contributed by atoms with van der Waals surface area (Å²) >= 11 is 12.6. The summed E-state index contributed by atoms with van der Waals surface area (Å²) in [5.74, 6) is -0.813. The summed E-state index contributed by atoms with van der Waals surface area (Å²) in [4.78, 5) is 28.3. The van der Waals surface area contributed by atoms with Gasteiger partial charge in [-0.25, -0.2) is 0 Å². The third-order valence-electron chi connectivity index (χ3n) is 6.91. The first kappa shape index (κ1) is 28.5. The van der Waals surface area contributed by atoms with Crippen LogP contribution in [0.15, 0.2) is 66.2 Å². The van der Waals surface area contributed by atoms with Gasteiger partial charge in [0.25, 0.3) is 11.7 Å². The number of nitrogens with zero attached hydrogens (tertiary/aromatic N) is 1. The van der Waals surface area contributed by atoms with E-state index in [9.17, 15) is 14.7 Å². The van der Waals surface area contributed by atoms with Gasteiger partial charge in [-0.05, 0) is 52.8 Å². The van der Waals surface area contributed by atoms with Crippen LogP contribution in [-0.2, 0) is 21.4 Å². The first-order chi connectivity index (χ1) is 18.5. The smallest absolute Gasteiger partial charge is 0.295 e. The van der Waals surface area contributed by atoms with E-state index in [0.29, 0.717) is 12.0 Å². The minimum atomic E-state index is -0.795. The molecule has 1 amide bonds. The highest BCUT2D eigenvalue weighted by Crippen LogP contribution is 2.42. The summed E-state index contributed by atoms with van der Waals surface area (Å²) in [6.45, 7) is 6.60. The zero-order valence-corrected chi connectivity index (χ0v) is 24.1. The molecular formula is C31H31Cl2NO5. The Balaban J connectivity index is 1.80. The van der Waals surface area contributed by atoms with Gasteiger partial charge in [-0.1, -0.05) is 80.4 Å². The number of ketones is 1.